The molecule has 0 saturated carbocycles. The number of rotatable bonds is 9. The van der Waals surface area contributed by atoms with E-state index < -0.39 is 12.0 Å². The number of aromatic nitrogens is 2. The lowest BCUT2D eigenvalue weighted by molar-refractivity contribution is 0.0942. The molecule has 3 aromatic rings. The molecule has 0 spiro atoms. The van der Waals surface area contributed by atoms with E-state index in [2.05, 4.69) is 10.3 Å². The van der Waals surface area contributed by atoms with Crippen molar-refractivity contribution < 1.29 is 19.1 Å². The van der Waals surface area contributed by atoms with E-state index >= 15 is 0 Å². The van der Waals surface area contributed by atoms with Crippen LogP contribution in [0.4, 0.5) is 0 Å². The summed E-state index contributed by atoms with van der Waals surface area (Å²) < 4.78 is 12.0. The van der Waals surface area contributed by atoms with Crippen LogP contribution in [-0.2, 0) is 11.3 Å². The zero-order chi connectivity index (χ0) is 21.7. The number of fused-ring (bicyclic) bond motifs is 1. The Kier molecular flexibility index (Phi) is 7.25. The number of hydrogen-bond donors (Lipinski definition) is 2. The van der Waals surface area contributed by atoms with Crippen molar-refractivity contribution in [2.75, 3.05) is 20.3 Å². The zero-order valence-corrected chi connectivity index (χ0v) is 17.6. The summed E-state index contributed by atoms with van der Waals surface area (Å²) in [6.45, 7) is 2.74. The molecule has 0 aliphatic heterocycles. The van der Waals surface area contributed by atoms with Gasteiger partial charge in [-0.1, -0.05) is 29.8 Å². The van der Waals surface area contributed by atoms with Gasteiger partial charge in [0.05, 0.1) is 11.7 Å². The van der Waals surface area contributed by atoms with Gasteiger partial charge in [0.2, 0.25) is 5.71 Å². The Morgan fingerprint density at radius 2 is 2.17 bits per heavy atom. The first kappa shape index (κ1) is 22.0. The Hall–Kier alpha value is -2.68. The minimum absolute atomic E-state index is 0.127. The first-order valence-electron chi connectivity index (χ1n) is 9.62. The van der Waals surface area contributed by atoms with Crippen molar-refractivity contribution in [3.8, 4) is 0 Å². The van der Waals surface area contributed by atoms with Gasteiger partial charge >= 0.3 is 0 Å². The summed E-state index contributed by atoms with van der Waals surface area (Å²) in [4.78, 5) is 29.8. The molecule has 0 radical (unpaired) electrons. The van der Waals surface area contributed by atoms with Crippen LogP contribution in [0.5, 0.6) is 0 Å². The molecule has 3 rings (SSSR count). The third-order valence-electron chi connectivity index (χ3n) is 4.80. The topological polar surface area (TPSA) is 107 Å². The van der Waals surface area contributed by atoms with Gasteiger partial charge in [-0.2, -0.15) is 0 Å². The fraction of sp³-hybridized carbons (Fsp3) is 0.381. The summed E-state index contributed by atoms with van der Waals surface area (Å²) in [6, 6.07) is 7.00. The van der Waals surface area contributed by atoms with Gasteiger partial charge in [-0.25, -0.2) is 4.98 Å². The fourth-order valence-corrected chi connectivity index (χ4v) is 3.52. The zero-order valence-electron chi connectivity index (χ0n) is 16.9. The van der Waals surface area contributed by atoms with Gasteiger partial charge in [0.1, 0.15) is 17.5 Å². The number of aryl methyl sites for hydroxylation is 2. The SMILES string of the molecule is COCCCn1cnc2oc(C)c(C(=O)NCCC(O)c3ccccc3Cl)c2c1=O. The molecule has 0 fully saturated rings. The average Bonchev–Trinajstić information content (AvgIpc) is 3.07. The van der Waals surface area contributed by atoms with E-state index in [-0.39, 0.29) is 35.2 Å². The van der Waals surface area contributed by atoms with Crippen LogP contribution in [0.2, 0.25) is 5.02 Å². The van der Waals surface area contributed by atoms with E-state index in [1.165, 1.54) is 10.9 Å². The molecule has 2 aromatic heterocycles. The number of furan rings is 1. The first-order chi connectivity index (χ1) is 14.4. The van der Waals surface area contributed by atoms with Crippen molar-refractivity contribution in [2.24, 2.45) is 0 Å². The second-order valence-electron chi connectivity index (χ2n) is 6.88. The van der Waals surface area contributed by atoms with Gasteiger partial charge in [0.25, 0.3) is 11.5 Å². The quantitative estimate of drug-likeness (QED) is 0.502. The number of nitrogens with zero attached hydrogens (tertiary/aromatic N) is 2. The molecule has 1 atom stereocenters. The molecule has 1 amide bonds. The molecule has 9 heteroatoms. The number of halogens is 1. The van der Waals surface area contributed by atoms with Crippen molar-refractivity contribution in [2.45, 2.75) is 32.4 Å². The summed E-state index contributed by atoms with van der Waals surface area (Å²) in [5.74, 6) is -0.139. The predicted molar refractivity (Wildman–Crippen MR) is 113 cm³/mol. The highest BCUT2D eigenvalue weighted by atomic mass is 35.5. The normalized spacial score (nSPS) is 12.3. The number of aliphatic hydroxyl groups excluding tert-OH is 1. The lowest BCUT2D eigenvalue weighted by Crippen LogP contribution is -2.28. The summed E-state index contributed by atoms with van der Waals surface area (Å²) in [5, 5.41) is 13.7. The molecule has 2 N–H and O–H groups in total. The molecule has 30 heavy (non-hydrogen) atoms. The molecule has 0 saturated heterocycles. The van der Waals surface area contributed by atoms with Gasteiger partial charge in [-0.15, -0.1) is 0 Å². The third kappa shape index (κ3) is 4.72. The molecular weight excluding hydrogens is 410 g/mol. The minimum atomic E-state index is -0.819. The monoisotopic (exact) mass is 433 g/mol. The second-order valence-corrected chi connectivity index (χ2v) is 7.29. The van der Waals surface area contributed by atoms with E-state index in [9.17, 15) is 14.7 Å². The van der Waals surface area contributed by atoms with Crippen LogP contribution in [0.15, 0.2) is 39.8 Å². The number of nitrogens with one attached hydrogen (secondary N) is 1. The maximum atomic E-state index is 12.9. The Balaban J connectivity index is 1.74. The highest BCUT2D eigenvalue weighted by Crippen LogP contribution is 2.25. The summed E-state index contributed by atoms with van der Waals surface area (Å²) >= 11 is 6.09. The highest BCUT2D eigenvalue weighted by molar-refractivity contribution is 6.31. The summed E-state index contributed by atoms with van der Waals surface area (Å²) in [6.07, 6.45) is 1.50. The van der Waals surface area contributed by atoms with E-state index in [0.29, 0.717) is 35.9 Å². The second kappa shape index (κ2) is 9.88. The number of hydrogen-bond acceptors (Lipinski definition) is 6. The number of aliphatic hydroxyl groups is 1. The standard InChI is InChI=1S/C21H24ClN3O5/c1-13-17(18-20(30-13)24-12-25(21(18)28)10-5-11-29-2)19(27)23-9-8-16(26)14-6-3-4-7-15(14)22/h3-4,6-7,12,16,26H,5,8-11H2,1-2H3,(H,23,27). The van der Waals surface area contributed by atoms with Crippen LogP contribution in [0.25, 0.3) is 11.1 Å². The average molecular weight is 434 g/mol. The number of ether oxygens (including phenoxy) is 1. The molecule has 0 aliphatic rings. The molecule has 8 nitrogen and oxygen atoms in total. The van der Waals surface area contributed by atoms with Crippen molar-refractivity contribution in [3.63, 3.8) is 0 Å². The van der Waals surface area contributed by atoms with Crippen molar-refractivity contribution in [3.05, 3.63) is 62.9 Å². The number of carbonyl (C=O) groups is 1. The molecule has 160 valence electrons. The van der Waals surface area contributed by atoms with Crippen LogP contribution in [0.3, 0.4) is 0 Å². The van der Waals surface area contributed by atoms with Crippen molar-refractivity contribution in [1.82, 2.24) is 14.9 Å². The minimum Gasteiger partial charge on any atom is -0.442 e. The smallest absolute Gasteiger partial charge is 0.265 e. The lowest BCUT2D eigenvalue weighted by atomic mass is 10.1. The Morgan fingerprint density at radius 1 is 1.40 bits per heavy atom. The highest BCUT2D eigenvalue weighted by Gasteiger charge is 2.23. The first-order valence-corrected chi connectivity index (χ1v) is 10.00. The van der Waals surface area contributed by atoms with E-state index in [4.69, 9.17) is 20.8 Å². The lowest BCUT2D eigenvalue weighted by Gasteiger charge is -2.13. The Labute approximate surface area is 178 Å². The van der Waals surface area contributed by atoms with E-state index in [1.807, 2.05) is 0 Å². The van der Waals surface area contributed by atoms with Gasteiger partial charge in [-0.3, -0.25) is 14.2 Å². The van der Waals surface area contributed by atoms with Crippen molar-refractivity contribution in [1.29, 1.82) is 0 Å². The van der Waals surface area contributed by atoms with Gasteiger partial charge < -0.3 is 19.6 Å². The van der Waals surface area contributed by atoms with Crippen LogP contribution in [0, 0.1) is 6.92 Å². The van der Waals surface area contributed by atoms with E-state index in [1.54, 1.807) is 38.3 Å². The summed E-state index contributed by atoms with van der Waals surface area (Å²) in [7, 11) is 1.59. The van der Waals surface area contributed by atoms with Crippen LogP contribution < -0.4 is 10.9 Å². The van der Waals surface area contributed by atoms with Gasteiger partial charge in [0.15, 0.2) is 0 Å². The van der Waals surface area contributed by atoms with Crippen LogP contribution in [-0.4, -0.2) is 40.8 Å². The Bertz CT molecular complexity index is 1090. The molecular formula is C21H24ClN3O5. The Morgan fingerprint density at radius 3 is 2.90 bits per heavy atom. The van der Waals surface area contributed by atoms with Crippen LogP contribution in [0.1, 0.15) is 40.6 Å². The summed E-state index contributed by atoms with van der Waals surface area (Å²) in [5.41, 5.74) is 0.549. The number of benzene rings is 1. The maximum Gasteiger partial charge on any atom is 0.265 e. The maximum absolute atomic E-state index is 12.9. The largest absolute Gasteiger partial charge is 0.442 e. The molecule has 1 unspecified atom stereocenters. The number of methoxy groups -OCH3 is 1. The third-order valence-corrected chi connectivity index (χ3v) is 5.14. The van der Waals surface area contributed by atoms with Gasteiger partial charge in [-0.05, 0) is 31.4 Å². The molecule has 2 heterocycles. The molecule has 0 bridgehead atoms. The predicted octanol–water partition coefficient (Wildman–Crippen LogP) is 2.84. The fourth-order valence-electron chi connectivity index (χ4n) is 3.26. The number of carbonyl (C=O) groups excluding carboxylic acids is 1. The number of amides is 1. The molecule has 1 aromatic carbocycles. The molecule has 0 aliphatic carbocycles. The van der Waals surface area contributed by atoms with E-state index in [0.717, 1.165) is 0 Å². The van der Waals surface area contributed by atoms with Crippen molar-refractivity contribution >= 4 is 28.6 Å². The van der Waals surface area contributed by atoms with Gasteiger partial charge in [0, 0.05) is 31.8 Å². The van der Waals surface area contributed by atoms with Crippen LogP contribution >= 0.6 is 11.6 Å².